The van der Waals surface area contributed by atoms with Crippen LogP contribution in [0, 0.1) is 3.57 Å². The quantitative estimate of drug-likeness (QED) is 0.0405. The van der Waals surface area contributed by atoms with E-state index in [1.54, 1.807) is 31.3 Å². The maximum Gasteiger partial charge on any atom is 0.337 e. The molecule has 11 nitrogen and oxygen atoms in total. The van der Waals surface area contributed by atoms with Crippen molar-refractivity contribution < 1.29 is 33.6 Å². The first-order valence-corrected chi connectivity index (χ1v) is 16.9. The van der Waals surface area contributed by atoms with Crippen LogP contribution in [0.15, 0.2) is 93.6 Å². The van der Waals surface area contributed by atoms with Gasteiger partial charge in [-0.15, -0.1) is 0 Å². The van der Waals surface area contributed by atoms with E-state index in [2.05, 4.69) is 90.0 Å². The lowest BCUT2D eigenvalue weighted by atomic mass is 9.95. The third kappa shape index (κ3) is 8.57. The highest BCUT2D eigenvalue weighted by atomic mass is 127. The van der Waals surface area contributed by atoms with Crippen LogP contribution in [0.2, 0.25) is 0 Å². The van der Waals surface area contributed by atoms with E-state index in [1.165, 1.54) is 17.9 Å². The van der Waals surface area contributed by atoms with E-state index in [4.69, 9.17) is 18.9 Å². The van der Waals surface area contributed by atoms with Crippen LogP contribution in [0.4, 0.5) is 4.79 Å². The van der Waals surface area contributed by atoms with Crippen molar-refractivity contribution in [1.82, 2.24) is 16.1 Å². The number of benzene rings is 4. The lowest BCUT2D eigenvalue weighted by molar-refractivity contribution is -0.136. The Morgan fingerprint density at radius 2 is 1.85 bits per heavy atom. The van der Waals surface area contributed by atoms with Crippen LogP contribution < -0.4 is 30.3 Å². The van der Waals surface area contributed by atoms with Crippen LogP contribution >= 0.6 is 38.5 Å². The third-order valence-corrected chi connectivity index (χ3v) is 8.72. The minimum Gasteiger partial charge on any atom is -0.490 e. The maximum absolute atomic E-state index is 12.5. The first kappa shape index (κ1) is 35.0. The first-order valence-electron chi connectivity index (χ1n) is 15.0. The molecule has 0 aliphatic carbocycles. The van der Waals surface area contributed by atoms with Gasteiger partial charge in [0.15, 0.2) is 17.7 Å². The zero-order valence-corrected chi connectivity index (χ0v) is 30.1. The number of allylic oxidation sites excluding steroid dienone is 1. The van der Waals surface area contributed by atoms with Gasteiger partial charge < -0.3 is 34.7 Å². The fraction of sp³-hybridized carbons (Fsp3) is 0.229. The van der Waals surface area contributed by atoms with E-state index in [9.17, 15) is 14.7 Å². The van der Waals surface area contributed by atoms with Gasteiger partial charge in [-0.1, -0.05) is 42.5 Å². The van der Waals surface area contributed by atoms with Crippen molar-refractivity contribution in [2.24, 2.45) is 5.10 Å². The number of carbonyl (C=O) groups excluding carboxylic acids is 2. The smallest absolute Gasteiger partial charge is 0.337 e. The normalized spacial score (nSPS) is 15.1. The number of fused-ring (bicyclic) bond motifs is 1. The second-order valence-corrected chi connectivity index (χ2v) is 12.7. The van der Waals surface area contributed by atoms with Crippen LogP contribution in [-0.2, 0) is 16.1 Å². The number of halogens is 2. The lowest BCUT2D eigenvalue weighted by Crippen LogP contribution is -2.45. The molecule has 0 unspecified atom stereocenters. The summed E-state index contributed by atoms with van der Waals surface area (Å²) in [7, 11) is 1.28. The number of carbonyl (C=O) groups is 2. The van der Waals surface area contributed by atoms with Crippen molar-refractivity contribution in [3.05, 3.63) is 109 Å². The van der Waals surface area contributed by atoms with Crippen molar-refractivity contribution in [2.75, 3.05) is 20.3 Å². The average molecular weight is 829 g/mol. The monoisotopic (exact) mass is 828 g/mol. The molecule has 0 spiro atoms. The number of hydrogen-bond donors (Lipinski definition) is 4. The highest BCUT2D eigenvalue weighted by Crippen LogP contribution is 2.35. The number of urea groups is 1. The largest absolute Gasteiger partial charge is 0.490 e. The Balaban J connectivity index is 1.18. The van der Waals surface area contributed by atoms with Crippen LogP contribution in [0.25, 0.3) is 10.8 Å². The Morgan fingerprint density at radius 1 is 1.06 bits per heavy atom. The molecule has 0 fully saturated rings. The molecular weight excluding hydrogens is 795 g/mol. The summed E-state index contributed by atoms with van der Waals surface area (Å²) >= 11 is 5.83. The molecule has 2 atom stereocenters. The van der Waals surface area contributed by atoms with Crippen molar-refractivity contribution in [3.8, 4) is 17.2 Å². The summed E-state index contributed by atoms with van der Waals surface area (Å²) in [6, 6.07) is 22.1. The van der Waals surface area contributed by atoms with Crippen LogP contribution in [-0.4, -0.2) is 49.9 Å². The number of aliphatic hydroxyl groups excluding tert-OH is 1. The van der Waals surface area contributed by atoms with Crippen LogP contribution in [0.1, 0.15) is 36.6 Å². The summed E-state index contributed by atoms with van der Waals surface area (Å²) in [6.45, 7) is 4.07. The Kier molecular flexibility index (Phi) is 11.8. The number of rotatable bonds is 13. The zero-order chi connectivity index (χ0) is 34.2. The molecular formula is C35H34BrIN4O7. The standard InChI is InChI=1S/C35H34BrIN4O7/c1-4-46-29-16-25(32-31(34(43)45-3)20(2)39-35(44)40-32)11-12-28(29)47-19-30(42)41-38-17-22-14-26(36)33(27(37)15-22)48-18-21-9-10-23-7-5-6-8-24(23)13-21/h5-17,30,32,41-42H,4,18-19H2,1-3H3,(H2,39,40,44)/b38-17-/t30-,32-/m0/s1. The molecule has 0 bridgehead atoms. The van der Waals surface area contributed by atoms with Gasteiger partial charge in [0.25, 0.3) is 0 Å². The van der Waals surface area contributed by atoms with E-state index in [1.807, 2.05) is 31.2 Å². The summed E-state index contributed by atoms with van der Waals surface area (Å²) in [4.78, 5) is 24.7. The molecule has 4 N–H and O–H groups in total. The van der Waals surface area contributed by atoms with Crippen LogP contribution in [0.3, 0.4) is 0 Å². The molecule has 5 rings (SSSR count). The average Bonchev–Trinajstić information content (AvgIpc) is 3.06. The van der Waals surface area contributed by atoms with Crippen molar-refractivity contribution in [3.63, 3.8) is 0 Å². The van der Waals surface area contributed by atoms with Gasteiger partial charge in [0.05, 0.1) is 39.6 Å². The predicted molar refractivity (Wildman–Crippen MR) is 194 cm³/mol. The highest BCUT2D eigenvalue weighted by Gasteiger charge is 2.32. The van der Waals surface area contributed by atoms with Gasteiger partial charge in [0, 0.05) is 5.70 Å². The number of amides is 2. The van der Waals surface area contributed by atoms with Crippen LogP contribution in [0.5, 0.6) is 17.2 Å². The second-order valence-electron chi connectivity index (χ2n) is 10.7. The van der Waals surface area contributed by atoms with E-state index in [0.717, 1.165) is 24.9 Å². The SMILES string of the molecule is CCOc1cc([C@@H]2NC(=O)NC(C)=C2C(=O)OC)ccc1OC[C@H](O)N/N=C\c1cc(Br)c(OCc2ccc3ccccc3c2)c(I)c1. The minimum atomic E-state index is -1.14. The molecule has 250 valence electrons. The topological polar surface area (TPSA) is 140 Å². The number of esters is 1. The number of hydrogen-bond acceptors (Lipinski definition) is 9. The number of nitrogens with one attached hydrogen (secondary N) is 3. The van der Waals surface area contributed by atoms with E-state index < -0.39 is 24.3 Å². The van der Waals surface area contributed by atoms with Crippen molar-refractivity contribution >= 4 is 67.5 Å². The molecule has 0 radical (unpaired) electrons. The van der Waals surface area contributed by atoms with E-state index in [0.29, 0.717) is 36.0 Å². The molecule has 1 aliphatic rings. The zero-order valence-electron chi connectivity index (χ0n) is 26.4. The molecule has 0 saturated heterocycles. The molecule has 0 saturated carbocycles. The Hall–Kier alpha value is -4.34. The Labute approximate surface area is 299 Å². The Morgan fingerprint density at radius 3 is 2.60 bits per heavy atom. The maximum atomic E-state index is 12.5. The lowest BCUT2D eigenvalue weighted by Gasteiger charge is -2.28. The summed E-state index contributed by atoms with van der Waals surface area (Å²) in [5.41, 5.74) is 5.79. The van der Waals surface area contributed by atoms with Gasteiger partial charge in [-0.2, -0.15) is 5.10 Å². The highest BCUT2D eigenvalue weighted by molar-refractivity contribution is 14.1. The van der Waals surface area contributed by atoms with Crippen molar-refractivity contribution in [1.29, 1.82) is 0 Å². The first-order chi connectivity index (χ1) is 23.2. The van der Waals surface area contributed by atoms with Gasteiger partial charge in [0.1, 0.15) is 19.0 Å². The molecule has 13 heteroatoms. The number of methoxy groups -OCH3 is 1. The summed E-state index contributed by atoms with van der Waals surface area (Å²) in [5.74, 6) is 0.904. The molecule has 48 heavy (non-hydrogen) atoms. The number of nitrogens with zero attached hydrogens (tertiary/aromatic N) is 1. The van der Waals surface area contributed by atoms with Crippen molar-refractivity contribution in [2.45, 2.75) is 32.7 Å². The fourth-order valence-electron chi connectivity index (χ4n) is 5.10. The molecule has 4 aromatic carbocycles. The number of hydrazone groups is 1. The Bertz CT molecular complexity index is 1860. The predicted octanol–water partition coefficient (Wildman–Crippen LogP) is 6.31. The van der Waals surface area contributed by atoms with E-state index >= 15 is 0 Å². The number of ether oxygens (including phenoxy) is 4. The van der Waals surface area contributed by atoms with Gasteiger partial charge in [-0.25, -0.2) is 9.59 Å². The molecule has 1 heterocycles. The van der Waals surface area contributed by atoms with Gasteiger partial charge >= 0.3 is 12.0 Å². The summed E-state index contributed by atoms with van der Waals surface area (Å²) in [6.07, 6.45) is 0.452. The molecule has 4 aromatic rings. The number of aliphatic hydroxyl groups is 1. The van der Waals surface area contributed by atoms with Gasteiger partial charge in [-0.05, 0) is 110 Å². The second kappa shape index (κ2) is 16.2. The minimum absolute atomic E-state index is 0.143. The fourth-order valence-corrected chi connectivity index (χ4v) is 6.86. The van der Waals surface area contributed by atoms with E-state index in [-0.39, 0.29) is 12.2 Å². The molecule has 1 aliphatic heterocycles. The van der Waals surface area contributed by atoms with Gasteiger partial charge in [0.2, 0.25) is 0 Å². The molecule has 2 amide bonds. The summed E-state index contributed by atoms with van der Waals surface area (Å²) in [5, 5.41) is 22.4. The summed E-state index contributed by atoms with van der Waals surface area (Å²) < 4.78 is 24.4. The molecule has 0 aromatic heterocycles. The van der Waals surface area contributed by atoms with Gasteiger partial charge in [-0.3, -0.25) is 5.43 Å². The third-order valence-electron chi connectivity index (χ3n) is 7.33.